The van der Waals surface area contributed by atoms with Crippen molar-refractivity contribution < 1.29 is 18.0 Å². The molecule has 0 atom stereocenters. The Bertz CT molecular complexity index is 1970. The SMILES string of the molecule is Cc1cnc(Nc2ccc(N3CCN(Cc4cccc(N5CCC(=O)NC5=O)c4)CC3)cc2)nc1Nc1cccc(S(=O)(=O)NC(C)(C)C)c1. The second-order valence-electron chi connectivity index (χ2n) is 13.6. The molecule has 6 rings (SSSR count). The van der Waals surface area contributed by atoms with Crippen LogP contribution < -0.4 is 30.5 Å². The van der Waals surface area contributed by atoms with Gasteiger partial charge in [0.25, 0.3) is 0 Å². The number of rotatable bonds is 10. The maximum Gasteiger partial charge on any atom is 0.328 e. The number of carbonyl (C=O) groups excluding carboxylic acids is 2. The largest absolute Gasteiger partial charge is 0.369 e. The van der Waals surface area contributed by atoms with Crippen LogP contribution in [0.5, 0.6) is 0 Å². The van der Waals surface area contributed by atoms with Crippen LogP contribution in [0.4, 0.5) is 39.3 Å². The van der Waals surface area contributed by atoms with E-state index in [1.165, 1.54) is 0 Å². The highest BCUT2D eigenvalue weighted by molar-refractivity contribution is 7.89. The van der Waals surface area contributed by atoms with Crippen LogP contribution in [0.3, 0.4) is 0 Å². The molecule has 1 aromatic heterocycles. The summed E-state index contributed by atoms with van der Waals surface area (Å²) in [6.07, 6.45) is 2.02. The van der Waals surface area contributed by atoms with Gasteiger partial charge in [-0.1, -0.05) is 18.2 Å². The molecule has 0 spiro atoms. The van der Waals surface area contributed by atoms with Crippen LogP contribution in [0.25, 0.3) is 0 Å². The topological polar surface area (TPSA) is 152 Å². The van der Waals surface area contributed by atoms with Gasteiger partial charge >= 0.3 is 6.03 Å². The maximum atomic E-state index is 12.9. The second kappa shape index (κ2) is 14.4. The van der Waals surface area contributed by atoms with E-state index in [4.69, 9.17) is 0 Å². The minimum Gasteiger partial charge on any atom is -0.369 e. The summed E-state index contributed by atoms with van der Waals surface area (Å²) in [4.78, 5) is 39.5. The van der Waals surface area contributed by atoms with Gasteiger partial charge in [-0.05, 0) is 87.9 Å². The first-order valence-corrected chi connectivity index (χ1v) is 18.1. The predicted octanol–water partition coefficient (Wildman–Crippen LogP) is 5.12. The molecule has 2 fully saturated rings. The van der Waals surface area contributed by atoms with E-state index in [2.05, 4.69) is 58.6 Å². The van der Waals surface area contributed by atoms with Gasteiger partial charge in [0.2, 0.25) is 21.9 Å². The van der Waals surface area contributed by atoms with Crippen LogP contribution >= 0.6 is 0 Å². The number of hydrogen-bond donors (Lipinski definition) is 4. The number of urea groups is 1. The molecule has 0 radical (unpaired) electrons. The number of aryl methyl sites for hydroxylation is 1. The number of benzene rings is 3. The summed E-state index contributed by atoms with van der Waals surface area (Å²) in [5.41, 5.74) is 4.71. The van der Waals surface area contributed by atoms with Crippen molar-refractivity contribution in [2.75, 3.05) is 53.2 Å². The summed E-state index contributed by atoms with van der Waals surface area (Å²) < 4.78 is 28.4. The first-order valence-electron chi connectivity index (χ1n) is 16.6. The standard InChI is InChI=1S/C36H43N9O4S/c1-25-23-37-34(41-33(25)38-28-8-6-10-31(22-28)50(48,49)42-36(2,3)4)39-27-11-13-29(14-12-27)44-19-17-43(18-20-44)24-26-7-5-9-30(21-26)45-16-15-32(46)40-35(45)47/h5-14,21-23,42H,15-20,24H2,1-4H3,(H,40,46,47)(H2,37,38,39,41). The summed E-state index contributed by atoms with van der Waals surface area (Å²) in [6.45, 7) is 12.0. The van der Waals surface area contributed by atoms with Crippen LogP contribution in [0.15, 0.2) is 83.9 Å². The molecule has 3 heterocycles. The predicted molar refractivity (Wildman–Crippen MR) is 196 cm³/mol. The molecule has 2 aliphatic heterocycles. The molecule has 262 valence electrons. The Morgan fingerprint density at radius 1 is 0.840 bits per heavy atom. The number of carbonyl (C=O) groups is 2. The molecule has 0 bridgehead atoms. The first-order chi connectivity index (χ1) is 23.8. The molecule has 0 unspecified atom stereocenters. The molecule has 14 heteroatoms. The number of hydrogen-bond acceptors (Lipinski definition) is 10. The minimum atomic E-state index is -3.69. The van der Waals surface area contributed by atoms with Gasteiger partial charge < -0.3 is 15.5 Å². The highest BCUT2D eigenvalue weighted by Gasteiger charge is 2.25. The molecule has 3 amide bonds. The molecule has 13 nitrogen and oxygen atoms in total. The van der Waals surface area contributed by atoms with Gasteiger partial charge in [0.05, 0.1) is 4.90 Å². The molecule has 0 aliphatic carbocycles. The number of nitrogens with one attached hydrogen (secondary N) is 4. The number of piperazine rings is 1. The summed E-state index contributed by atoms with van der Waals surface area (Å²) in [6, 6.07) is 22.4. The van der Waals surface area contributed by atoms with E-state index < -0.39 is 15.6 Å². The highest BCUT2D eigenvalue weighted by atomic mass is 32.2. The molecular formula is C36H43N9O4S. The molecular weight excluding hydrogens is 655 g/mol. The number of imide groups is 1. The van der Waals surface area contributed by atoms with Crippen LogP contribution in [-0.4, -0.2) is 73.5 Å². The van der Waals surface area contributed by atoms with Gasteiger partial charge in [0.1, 0.15) is 5.82 Å². The van der Waals surface area contributed by atoms with Crippen molar-refractivity contribution in [2.24, 2.45) is 0 Å². The Balaban J connectivity index is 1.03. The Hall–Kier alpha value is -5.05. The molecule has 2 aliphatic rings. The van der Waals surface area contributed by atoms with E-state index >= 15 is 0 Å². The normalized spacial score (nSPS) is 15.9. The van der Waals surface area contributed by atoms with Gasteiger partial charge in [-0.15, -0.1) is 0 Å². The smallest absolute Gasteiger partial charge is 0.328 e. The Morgan fingerprint density at radius 2 is 1.58 bits per heavy atom. The van der Waals surface area contributed by atoms with Crippen LogP contribution in [0.2, 0.25) is 0 Å². The van der Waals surface area contributed by atoms with Crippen molar-refractivity contribution in [1.29, 1.82) is 0 Å². The zero-order valence-electron chi connectivity index (χ0n) is 28.7. The third-order valence-electron chi connectivity index (χ3n) is 8.36. The number of amides is 3. The van der Waals surface area contributed by atoms with E-state index in [1.54, 1.807) is 56.1 Å². The average molecular weight is 698 g/mol. The average Bonchev–Trinajstić information content (AvgIpc) is 3.06. The summed E-state index contributed by atoms with van der Waals surface area (Å²) in [5.74, 6) is 0.742. The van der Waals surface area contributed by atoms with Gasteiger partial charge in [-0.25, -0.2) is 22.9 Å². The Morgan fingerprint density at radius 3 is 2.30 bits per heavy atom. The molecule has 4 N–H and O–H groups in total. The van der Waals surface area contributed by atoms with Crippen LogP contribution in [0.1, 0.15) is 38.3 Å². The van der Waals surface area contributed by atoms with Gasteiger partial charge in [-0.2, -0.15) is 4.98 Å². The van der Waals surface area contributed by atoms with E-state index in [1.807, 2.05) is 37.3 Å². The fourth-order valence-corrected chi connectivity index (χ4v) is 7.37. The van der Waals surface area contributed by atoms with Crippen LogP contribution in [0, 0.1) is 6.92 Å². The molecule has 50 heavy (non-hydrogen) atoms. The third kappa shape index (κ3) is 8.75. The fourth-order valence-electron chi connectivity index (χ4n) is 5.91. The number of sulfonamides is 1. The van der Waals surface area contributed by atoms with Crippen molar-refractivity contribution in [3.63, 3.8) is 0 Å². The van der Waals surface area contributed by atoms with Crippen molar-refractivity contribution >= 4 is 56.5 Å². The van der Waals surface area contributed by atoms with E-state index in [0.29, 0.717) is 30.4 Å². The van der Waals surface area contributed by atoms with Crippen LogP contribution in [-0.2, 0) is 21.4 Å². The lowest BCUT2D eigenvalue weighted by molar-refractivity contribution is -0.120. The van der Waals surface area contributed by atoms with Crippen molar-refractivity contribution in [3.8, 4) is 0 Å². The molecule has 4 aromatic rings. The van der Waals surface area contributed by atoms with Crippen molar-refractivity contribution in [3.05, 3.63) is 90.1 Å². The number of aromatic nitrogens is 2. The van der Waals surface area contributed by atoms with Crippen molar-refractivity contribution in [2.45, 2.75) is 51.1 Å². The maximum absolute atomic E-state index is 12.9. The fraction of sp³-hybridized carbons (Fsp3) is 0.333. The number of anilines is 6. The lowest BCUT2D eigenvalue weighted by Gasteiger charge is -2.36. The van der Waals surface area contributed by atoms with E-state index in [-0.39, 0.29) is 16.8 Å². The zero-order valence-corrected chi connectivity index (χ0v) is 29.5. The molecule has 3 aromatic carbocycles. The highest BCUT2D eigenvalue weighted by Crippen LogP contribution is 2.26. The van der Waals surface area contributed by atoms with Gasteiger partial charge in [-0.3, -0.25) is 19.9 Å². The number of nitrogens with zero attached hydrogens (tertiary/aromatic N) is 5. The summed E-state index contributed by atoms with van der Waals surface area (Å²) in [7, 11) is -3.69. The Labute approximate surface area is 293 Å². The van der Waals surface area contributed by atoms with Gasteiger partial charge in [0.15, 0.2) is 0 Å². The summed E-state index contributed by atoms with van der Waals surface area (Å²) >= 11 is 0. The van der Waals surface area contributed by atoms with E-state index in [0.717, 1.165) is 60.9 Å². The quantitative estimate of drug-likeness (QED) is 0.176. The monoisotopic (exact) mass is 697 g/mol. The summed E-state index contributed by atoms with van der Waals surface area (Å²) in [5, 5.41) is 8.91. The third-order valence-corrected chi connectivity index (χ3v) is 10.1. The van der Waals surface area contributed by atoms with E-state index in [9.17, 15) is 18.0 Å². The zero-order chi connectivity index (χ0) is 35.5. The molecule has 0 saturated carbocycles. The second-order valence-corrected chi connectivity index (χ2v) is 15.3. The van der Waals surface area contributed by atoms with Gasteiger partial charge in [0, 0.05) is 85.7 Å². The lowest BCUT2D eigenvalue weighted by atomic mass is 10.1. The molecule has 2 saturated heterocycles. The van der Waals surface area contributed by atoms with Crippen molar-refractivity contribution in [1.82, 2.24) is 24.9 Å². The minimum absolute atomic E-state index is 0.166. The first kappa shape index (κ1) is 34.8. The Kier molecular flexibility index (Phi) is 10.0. The lowest BCUT2D eigenvalue weighted by Crippen LogP contribution is -2.49.